The highest BCUT2D eigenvalue weighted by Crippen LogP contribution is 2.25. The minimum atomic E-state index is -0.444. The van der Waals surface area contributed by atoms with Crippen LogP contribution >= 0.6 is 23.2 Å². The molecule has 10 heteroatoms. The molecule has 2 aromatic carbocycles. The summed E-state index contributed by atoms with van der Waals surface area (Å²) < 4.78 is 17.5. The van der Waals surface area contributed by atoms with E-state index in [1.807, 2.05) is 34.9 Å². The molecular weight excluding hydrogens is 466 g/mol. The molecule has 0 aliphatic carbocycles. The van der Waals surface area contributed by atoms with Crippen molar-refractivity contribution in [1.82, 2.24) is 29.7 Å². The molecule has 0 atom stereocenters. The zero-order valence-electron chi connectivity index (χ0n) is 17.2. The molecule has 5 rings (SSSR count). The predicted molar refractivity (Wildman–Crippen MR) is 124 cm³/mol. The van der Waals surface area contributed by atoms with E-state index in [4.69, 9.17) is 23.2 Å². The zero-order valence-corrected chi connectivity index (χ0v) is 18.7. The second kappa shape index (κ2) is 8.80. The Labute approximate surface area is 197 Å². The van der Waals surface area contributed by atoms with Gasteiger partial charge in [-0.05, 0) is 48.0 Å². The second-order valence-electron chi connectivity index (χ2n) is 7.47. The van der Waals surface area contributed by atoms with E-state index in [9.17, 15) is 9.18 Å². The fraction of sp³-hybridized carbons (Fsp3) is 0.130. The minimum Gasteiger partial charge on any atom is -0.350 e. The lowest BCUT2D eigenvalue weighted by molar-refractivity contribution is 0.0949. The first-order valence-corrected chi connectivity index (χ1v) is 10.9. The van der Waals surface area contributed by atoms with E-state index in [-0.39, 0.29) is 5.69 Å². The summed E-state index contributed by atoms with van der Waals surface area (Å²) in [6.07, 6.45) is 2.35. The summed E-state index contributed by atoms with van der Waals surface area (Å²) in [6, 6.07) is 15.2. The van der Waals surface area contributed by atoms with E-state index in [2.05, 4.69) is 20.6 Å². The number of nitrogens with zero attached hydrogens (tertiary/aromatic N) is 5. The number of halogens is 3. The summed E-state index contributed by atoms with van der Waals surface area (Å²) in [5.74, 6) is -0.111. The monoisotopic (exact) mass is 482 g/mol. The average molecular weight is 483 g/mol. The first-order chi connectivity index (χ1) is 16.0. The number of pyridine rings is 1. The normalized spacial score (nSPS) is 11.4. The maximum absolute atomic E-state index is 14.0. The fourth-order valence-electron chi connectivity index (χ4n) is 3.68. The van der Waals surface area contributed by atoms with Crippen molar-refractivity contribution < 1.29 is 9.18 Å². The van der Waals surface area contributed by atoms with Gasteiger partial charge in [-0.1, -0.05) is 35.3 Å². The van der Waals surface area contributed by atoms with Gasteiger partial charge in [0, 0.05) is 24.5 Å². The molecule has 0 saturated heterocycles. The van der Waals surface area contributed by atoms with Crippen LogP contribution in [-0.4, -0.2) is 36.8 Å². The third kappa shape index (κ3) is 4.27. The Bertz CT molecular complexity index is 1500. The van der Waals surface area contributed by atoms with E-state index >= 15 is 0 Å². The SMILES string of the molecule is O=C(NCCc1nnc2ccccn12)c1nn(Cc2ccc(Cl)c(Cl)c2)c2ccc(F)cc12. The number of nitrogens with one attached hydrogen (secondary N) is 1. The van der Waals surface area contributed by atoms with Gasteiger partial charge in [-0.2, -0.15) is 5.10 Å². The van der Waals surface area contributed by atoms with Crippen molar-refractivity contribution >= 4 is 45.7 Å². The summed E-state index contributed by atoms with van der Waals surface area (Å²) in [6.45, 7) is 0.670. The minimum absolute atomic E-state index is 0.149. The molecule has 0 fully saturated rings. The largest absolute Gasteiger partial charge is 0.350 e. The highest BCUT2D eigenvalue weighted by Gasteiger charge is 2.18. The molecular formula is C23H17Cl2FN6O. The molecule has 0 aliphatic heterocycles. The van der Waals surface area contributed by atoms with E-state index < -0.39 is 11.7 Å². The quantitative estimate of drug-likeness (QED) is 0.385. The van der Waals surface area contributed by atoms with Gasteiger partial charge in [-0.25, -0.2) is 4.39 Å². The number of carbonyl (C=O) groups excluding carboxylic acids is 1. The van der Waals surface area contributed by atoms with E-state index in [1.165, 1.54) is 12.1 Å². The Kier molecular flexibility index (Phi) is 5.70. The van der Waals surface area contributed by atoms with Crippen molar-refractivity contribution in [2.75, 3.05) is 6.54 Å². The van der Waals surface area contributed by atoms with Crippen molar-refractivity contribution in [1.29, 1.82) is 0 Å². The zero-order chi connectivity index (χ0) is 22.9. The molecule has 33 heavy (non-hydrogen) atoms. The number of hydrogen-bond acceptors (Lipinski definition) is 4. The van der Waals surface area contributed by atoms with Gasteiger partial charge in [0.2, 0.25) is 0 Å². The van der Waals surface area contributed by atoms with Crippen molar-refractivity contribution in [3.63, 3.8) is 0 Å². The molecule has 1 N–H and O–H groups in total. The second-order valence-corrected chi connectivity index (χ2v) is 8.28. The topological polar surface area (TPSA) is 77.1 Å². The van der Waals surface area contributed by atoms with Gasteiger partial charge in [-0.15, -0.1) is 10.2 Å². The van der Waals surface area contributed by atoms with Gasteiger partial charge >= 0.3 is 0 Å². The molecule has 3 aromatic heterocycles. The summed E-state index contributed by atoms with van der Waals surface area (Å²) in [7, 11) is 0. The highest BCUT2D eigenvalue weighted by atomic mass is 35.5. The fourth-order valence-corrected chi connectivity index (χ4v) is 4.00. The van der Waals surface area contributed by atoms with E-state index in [0.29, 0.717) is 40.5 Å². The first-order valence-electron chi connectivity index (χ1n) is 10.2. The molecule has 5 aromatic rings. The van der Waals surface area contributed by atoms with Gasteiger partial charge in [0.15, 0.2) is 11.3 Å². The predicted octanol–water partition coefficient (Wildman–Crippen LogP) is 4.55. The number of amides is 1. The summed E-state index contributed by atoms with van der Waals surface area (Å²) in [4.78, 5) is 12.9. The van der Waals surface area contributed by atoms with E-state index in [0.717, 1.165) is 17.0 Å². The Balaban J connectivity index is 1.38. The van der Waals surface area contributed by atoms with Crippen LogP contribution in [0.1, 0.15) is 21.9 Å². The lowest BCUT2D eigenvalue weighted by Crippen LogP contribution is -2.27. The maximum Gasteiger partial charge on any atom is 0.272 e. The molecule has 1 amide bonds. The number of rotatable bonds is 6. The third-order valence-electron chi connectivity index (χ3n) is 5.26. The first kappa shape index (κ1) is 21.4. The summed E-state index contributed by atoms with van der Waals surface area (Å²) >= 11 is 12.1. The molecule has 0 aliphatic rings. The molecule has 0 radical (unpaired) electrons. The van der Waals surface area contributed by atoms with Crippen LogP contribution in [0.2, 0.25) is 10.0 Å². The molecule has 0 bridgehead atoms. The van der Waals surface area contributed by atoms with Crippen LogP contribution in [0.25, 0.3) is 16.6 Å². The number of aromatic nitrogens is 5. The van der Waals surface area contributed by atoms with Gasteiger partial charge in [-0.3, -0.25) is 13.9 Å². The summed E-state index contributed by atoms with van der Waals surface area (Å²) in [5, 5.41) is 16.9. The number of fused-ring (bicyclic) bond motifs is 2. The van der Waals surface area contributed by atoms with Crippen LogP contribution in [0.3, 0.4) is 0 Å². The van der Waals surface area contributed by atoms with Crippen LogP contribution < -0.4 is 5.32 Å². The number of carbonyl (C=O) groups is 1. The number of benzene rings is 2. The lowest BCUT2D eigenvalue weighted by atomic mass is 10.2. The van der Waals surface area contributed by atoms with E-state index in [1.54, 1.807) is 22.9 Å². The standard InChI is InChI=1S/C23H17Cl2FN6O/c24-17-6-4-14(11-18(17)25)13-32-19-7-5-15(26)12-16(19)22(30-32)23(33)27-9-8-21-29-28-20-3-1-2-10-31(20)21/h1-7,10-12H,8-9,13H2,(H,27,33). The van der Waals surface area contributed by atoms with Crippen LogP contribution in [-0.2, 0) is 13.0 Å². The van der Waals surface area contributed by atoms with Crippen molar-refractivity contribution in [2.24, 2.45) is 0 Å². The Morgan fingerprint density at radius 1 is 1.03 bits per heavy atom. The number of hydrogen-bond donors (Lipinski definition) is 1. The van der Waals surface area contributed by atoms with Crippen LogP contribution in [0.5, 0.6) is 0 Å². The Morgan fingerprint density at radius 2 is 1.91 bits per heavy atom. The van der Waals surface area contributed by atoms with Gasteiger partial charge in [0.1, 0.15) is 11.6 Å². The molecule has 3 heterocycles. The smallest absolute Gasteiger partial charge is 0.272 e. The van der Waals surface area contributed by atoms with Crippen molar-refractivity contribution in [2.45, 2.75) is 13.0 Å². The van der Waals surface area contributed by atoms with Crippen molar-refractivity contribution in [3.8, 4) is 0 Å². The maximum atomic E-state index is 14.0. The van der Waals surface area contributed by atoms with Gasteiger partial charge in [0.25, 0.3) is 5.91 Å². The van der Waals surface area contributed by atoms with Gasteiger partial charge < -0.3 is 5.32 Å². The van der Waals surface area contributed by atoms with Gasteiger partial charge in [0.05, 0.1) is 22.1 Å². The van der Waals surface area contributed by atoms with Crippen LogP contribution in [0, 0.1) is 5.82 Å². The summed E-state index contributed by atoms with van der Waals surface area (Å²) in [5.41, 5.74) is 2.37. The lowest BCUT2D eigenvalue weighted by Gasteiger charge is -2.05. The van der Waals surface area contributed by atoms with Crippen LogP contribution in [0.4, 0.5) is 4.39 Å². The molecule has 0 unspecified atom stereocenters. The van der Waals surface area contributed by atoms with Crippen LogP contribution in [0.15, 0.2) is 60.8 Å². The highest BCUT2D eigenvalue weighted by molar-refractivity contribution is 6.42. The molecule has 0 saturated carbocycles. The average Bonchev–Trinajstić information content (AvgIpc) is 3.38. The Morgan fingerprint density at radius 3 is 2.76 bits per heavy atom. The third-order valence-corrected chi connectivity index (χ3v) is 6.00. The Hall–Kier alpha value is -3.49. The molecule has 166 valence electrons. The molecule has 0 spiro atoms. The van der Waals surface area contributed by atoms with Crippen molar-refractivity contribution in [3.05, 3.63) is 93.7 Å². The molecule has 7 nitrogen and oxygen atoms in total.